The molecule has 0 spiro atoms. The molecule has 7 heavy (non-hydrogen) atoms. The van der Waals surface area contributed by atoms with Gasteiger partial charge in [-0.05, 0) is 0 Å². The van der Waals surface area contributed by atoms with Crippen molar-refractivity contribution in [1.29, 1.82) is 0 Å². The number of hydrogen-bond acceptors (Lipinski definition) is 3. The number of carbonyl (C=O) groups excluding carboxylic acids is 1. The van der Waals surface area contributed by atoms with Gasteiger partial charge in [0.15, 0.2) is 0 Å². The minimum atomic E-state index is -3.68. The van der Waals surface area contributed by atoms with E-state index in [0.717, 1.165) is 6.92 Å². The Hall–Kier alpha value is 0.0482. The van der Waals surface area contributed by atoms with Gasteiger partial charge in [0.25, 0.3) is 0 Å². The minimum absolute atomic E-state index is 0.694. The zero-order valence-corrected chi connectivity index (χ0v) is 6.17. The van der Waals surface area contributed by atoms with Gasteiger partial charge in [-0.25, -0.2) is 0 Å². The first-order valence-corrected chi connectivity index (χ1v) is 4.70. The molecule has 1 radical (unpaired) electrons. The summed E-state index contributed by atoms with van der Waals surface area (Å²) >= 11 is -3.68. The van der Waals surface area contributed by atoms with Gasteiger partial charge in [0.2, 0.25) is 0 Å². The summed E-state index contributed by atoms with van der Waals surface area (Å²) in [6.45, 7) is 1.09. The van der Waals surface area contributed by atoms with Gasteiger partial charge >= 0.3 is 48.1 Å². The maximum absolute atomic E-state index is 9.72. The fourth-order valence-corrected chi connectivity index (χ4v) is 0.738. The zero-order valence-electron chi connectivity index (χ0n) is 3.62. The van der Waals surface area contributed by atoms with Crippen LogP contribution in [0.25, 0.3) is 0 Å². The first-order valence-electron chi connectivity index (χ1n) is 1.47. The Kier molecular flexibility index (Phi) is 3.12. The predicted molar refractivity (Wildman–Crippen MR) is 20.4 cm³/mol. The Balaban J connectivity index is 3.32. The molecule has 0 rings (SSSR count). The molecule has 41 valence electrons. The molecule has 5 heteroatoms. The average Bonchev–Trinajstić information content (AvgIpc) is 1.27. The summed E-state index contributed by atoms with van der Waals surface area (Å²) in [5.74, 6) is -0.694. The number of rotatable bonds is 1. The molecule has 0 aromatic heterocycles. The molecular weight excluding hydrogens is 210 g/mol. The molecule has 0 amide bonds. The molecule has 0 aliphatic heterocycles. The first kappa shape index (κ1) is 7.05. The van der Waals surface area contributed by atoms with Crippen LogP contribution in [-0.2, 0) is 10.8 Å². The normalized spacial score (nSPS) is 7.71. The summed E-state index contributed by atoms with van der Waals surface area (Å²) in [6, 6.07) is 0. The fourth-order valence-electron chi connectivity index (χ4n) is 0.110. The van der Waals surface area contributed by atoms with Gasteiger partial charge in [0, 0.05) is 0 Å². The molecule has 0 aromatic carbocycles. The van der Waals surface area contributed by atoms with Crippen LogP contribution in [0.15, 0.2) is 0 Å². The van der Waals surface area contributed by atoms with E-state index in [4.69, 9.17) is 3.39 Å². The molecule has 0 aliphatic carbocycles. The third-order valence-corrected chi connectivity index (χ3v) is 1.39. The van der Waals surface area contributed by atoms with E-state index in [1.54, 1.807) is 0 Å². The Morgan fingerprint density at radius 2 is 2.29 bits per heavy atom. The molecule has 0 heterocycles. The molecule has 0 bridgehead atoms. The predicted octanol–water partition coefficient (Wildman–Crippen LogP) is -1.04. The quantitative estimate of drug-likeness (QED) is 0.566. The van der Waals surface area contributed by atoms with Gasteiger partial charge in [-0.1, -0.05) is 0 Å². The van der Waals surface area contributed by atoms with Crippen LogP contribution in [0.1, 0.15) is 6.92 Å². The van der Waals surface area contributed by atoms with Crippen LogP contribution in [0.5, 0.6) is 0 Å². The monoisotopic (exact) mass is 213 g/mol. The summed E-state index contributed by atoms with van der Waals surface area (Å²) in [4.78, 5) is 9.72. The topological polar surface area (TPSA) is 63.6 Å². The number of carbonyl (C=O) groups is 1. The first-order chi connectivity index (χ1) is 3.13. The van der Waals surface area contributed by atoms with Crippen LogP contribution in [-0.4, -0.2) is 30.4 Å². The summed E-state index contributed by atoms with van der Waals surface area (Å²) in [7, 11) is 0. The fraction of sp³-hybridized carbons (Fsp3) is 0.500. The van der Waals surface area contributed by atoms with Gasteiger partial charge < -0.3 is 0 Å². The molecule has 0 aliphatic rings. The Bertz CT molecular complexity index is 85.9. The molecule has 0 unspecified atom stereocenters. The summed E-state index contributed by atoms with van der Waals surface area (Å²) in [6.07, 6.45) is 0. The van der Waals surface area contributed by atoms with Crippen LogP contribution >= 0.6 is 0 Å². The second kappa shape index (κ2) is 3.10. The molecule has 0 fully saturated rings. The molecule has 0 atom stereocenters. The van der Waals surface area contributed by atoms with Crippen molar-refractivity contribution in [2.75, 3.05) is 0 Å². The third kappa shape index (κ3) is 6.05. The van der Waals surface area contributed by atoms with Gasteiger partial charge in [0.05, 0.1) is 0 Å². The van der Waals surface area contributed by atoms with E-state index in [0.29, 0.717) is 0 Å². The van der Waals surface area contributed by atoms with E-state index in [1.807, 2.05) is 0 Å². The molecule has 0 aromatic rings. The van der Waals surface area contributed by atoms with Crippen LogP contribution in [0.2, 0.25) is 0 Å². The summed E-state index contributed by atoms with van der Waals surface area (Å²) < 4.78 is 21.3. The molecule has 0 saturated heterocycles. The second-order valence-corrected chi connectivity index (χ2v) is 2.70. The van der Waals surface area contributed by atoms with E-state index in [1.165, 1.54) is 0 Å². The van der Waals surface area contributed by atoms with Gasteiger partial charge in [-0.15, -0.1) is 0 Å². The van der Waals surface area contributed by atoms with E-state index < -0.39 is 27.0 Å². The second-order valence-electron chi connectivity index (χ2n) is 0.821. The van der Waals surface area contributed by atoms with Crippen LogP contribution in [0.4, 0.5) is 0 Å². The van der Waals surface area contributed by atoms with Gasteiger partial charge in [-0.2, -0.15) is 0 Å². The van der Waals surface area contributed by atoms with Crippen molar-refractivity contribution >= 4 is 27.0 Å². The Morgan fingerprint density at radius 1 is 1.86 bits per heavy atom. The van der Waals surface area contributed by atoms with Crippen molar-refractivity contribution in [1.82, 2.24) is 0 Å². The molecule has 4 nitrogen and oxygen atoms in total. The van der Waals surface area contributed by atoms with E-state index in [9.17, 15) is 7.81 Å². The van der Waals surface area contributed by atoms with Crippen LogP contribution in [0.3, 0.4) is 0 Å². The SMILES string of the molecule is CC(=O)[O][Sb](=[O])[OH]. The number of hydrogen-bond donors (Lipinski definition) is 1. The van der Waals surface area contributed by atoms with Crippen molar-refractivity contribution in [3.8, 4) is 0 Å². The van der Waals surface area contributed by atoms with E-state index in [2.05, 4.69) is 3.02 Å². The standard InChI is InChI=1S/C2H4O2.H2O.O.Sb/c1-2(3)4;;;/h1H3,(H,3,4);1H2;;/q;;;+2/p-2. The van der Waals surface area contributed by atoms with Crippen molar-refractivity contribution in [2.24, 2.45) is 0 Å². The zero-order chi connectivity index (χ0) is 5.86. The van der Waals surface area contributed by atoms with Crippen molar-refractivity contribution in [3.63, 3.8) is 0 Å². The molecular formula is C2H4O4Sb. The van der Waals surface area contributed by atoms with Crippen molar-refractivity contribution in [3.05, 3.63) is 0 Å². The van der Waals surface area contributed by atoms with Gasteiger partial charge in [-0.3, -0.25) is 0 Å². The molecule has 1 N–H and O–H groups in total. The van der Waals surface area contributed by atoms with E-state index >= 15 is 0 Å². The van der Waals surface area contributed by atoms with Crippen molar-refractivity contribution < 1.29 is 14.2 Å². The third-order valence-electron chi connectivity index (χ3n) is 0.207. The van der Waals surface area contributed by atoms with Crippen molar-refractivity contribution in [2.45, 2.75) is 6.92 Å². The van der Waals surface area contributed by atoms with Gasteiger partial charge in [0.1, 0.15) is 0 Å². The summed E-state index contributed by atoms with van der Waals surface area (Å²) in [5, 5.41) is 0. The van der Waals surface area contributed by atoms with E-state index in [-0.39, 0.29) is 0 Å². The van der Waals surface area contributed by atoms with Crippen LogP contribution < -0.4 is 0 Å². The molecule has 0 saturated carbocycles. The Morgan fingerprint density at radius 3 is 2.29 bits per heavy atom. The Labute approximate surface area is 48.6 Å². The summed E-state index contributed by atoms with van der Waals surface area (Å²) in [5.41, 5.74) is 0. The maximum atomic E-state index is 9.72. The van der Waals surface area contributed by atoms with Crippen LogP contribution in [0, 0.1) is 0 Å². The average molecular weight is 214 g/mol.